The van der Waals surface area contributed by atoms with Crippen LogP contribution in [0.5, 0.6) is 0 Å². The van der Waals surface area contributed by atoms with Crippen LogP contribution in [0.2, 0.25) is 0 Å². The van der Waals surface area contributed by atoms with Gasteiger partial charge in [-0.05, 0) is 67.5 Å². The number of hydrogen-bond donors (Lipinski definition) is 1. The monoisotopic (exact) mass is 457 g/mol. The lowest BCUT2D eigenvalue weighted by Gasteiger charge is -2.28. The summed E-state index contributed by atoms with van der Waals surface area (Å²) in [5.74, 6) is -0.542. The smallest absolute Gasteiger partial charge is 0.278 e. The van der Waals surface area contributed by atoms with Crippen molar-refractivity contribution in [1.82, 2.24) is 4.90 Å². The molecule has 1 fully saturated rings. The Morgan fingerprint density at radius 1 is 0.879 bits per heavy atom. The van der Waals surface area contributed by atoms with Crippen LogP contribution in [0.15, 0.2) is 71.7 Å². The fourth-order valence-electron chi connectivity index (χ4n) is 4.41. The summed E-state index contributed by atoms with van der Waals surface area (Å²) in [4.78, 5) is 31.3. The number of carbonyl (C=O) groups is 2. The minimum Gasteiger partial charge on any atom is -0.372 e. The van der Waals surface area contributed by atoms with Gasteiger partial charge in [-0.2, -0.15) is 0 Å². The highest BCUT2D eigenvalue weighted by atomic mass is 32.1. The lowest BCUT2D eigenvalue weighted by atomic mass is 10.1. The molecule has 0 aliphatic carbocycles. The molecule has 0 bridgehead atoms. The molecule has 0 radical (unpaired) electrons. The van der Waals surface area contributed by atoms with E-state index in [2.05, 4.69) is 22.3 Å². The highest BCUT2D eigenvalue weighted by Crippen LogP contribution is 2.34. The Labute approximate surface area is 198 Å². The fourth-order valence-corrected chi connectivity index (χ4v) is 5.18. The quantitative estimate of drug-likeness (QED) is 0.501. The van der Waals surface area contributed by atoms with Crippen molar-refractivity contribution in [3.63, 3.8) is 0 Å². The lowest BCUT2D eigenvalue weighted by molar-refractivity contribution is -0.137. The van der Waals surface area contributed by atoms with Crippen molar-refractivity contribution in [2.45, 2.75) is 32.7 Å². The Morgan fingerprint density at radius 3 is 2.27 bits per heavy atom. The van der Waals surface area contributed by atoms with E-state index >= 15 is 0 Å². The standard InChI is InChI=1S/C27H27N3O2S/c1-19-7-9-20(10-8-19)18-30-26(31)24(23-6-5-17-33-23)25(27(30)32)28-21-11-13-22(14-12-21)29-15-3-2-4-16-29/h5-14,17,28H,2-4,15-16,18H2,1H3. The molecule has 3 aromatic rings. The van der Waals surface area contributed by atoms with Gasteiger partial charge >= 0.3 is 0 Å². The van der Waals surface area contributed by atoms with Crippen LogP contribution < -0.4 is 10.2 Å². The first kappa shape index (κ1) is 21.5. The number of piperidine rings is 1. The molecule has 2 aromatic carbocycles. The first-order valence-electron chi connectivity index (χ1n) is 11.4. The number of amides is 2. The van der Waals surface area contributed by atoms with E-state index in [0.717, 1.165) is 34.8 Å². The molecule has 1 N–H and O–H groups in total. The normalized spacial score (nSPS) is 16.6. The van der Waals surface area contributed by atoms with E-state index in [1.807, 2.05) is 60.8 Å². The molecule has 5 rings (SSSR count). The number of nitrogens with one attached hydrogen (secondary N) is 1. The molecule has 1 aromatic heterocycles. The molecular formula is C27H27N3O2S. The van der Waals surface area contributed by atoms with Gasteiger partial charge in [0, 0.05) is 29.3 Å². The molecular weight excluding hydrogens is 430 g/mol. The maximum Gasteiger partial charge on any atom is 0.278 e. The van der Waals surface area contributed by atoms with Gasteiger partial charge in [0.1, 0.15) is 5.70 Å². The second kappa shape index (κ2) is 9.24. The third kappa shape index (κ3) is 4.44. The van der Waals surface area contributed by atoms with Gasteiger partial charge in [0.2, 0.25) is 0 Å². The molecule has 33 heavy (non-hydrogen) atoms. The fraction of sp³-hybridized carbons (Fsp3) is 0.259. The molecule has 0 atom stereocenters. The number of imide groups is 1. The van der Waals surface area contributed by atoms with Crippen LogP contribution in [0.25, 0.3) is 5.57 Å². The summed E-state index contributed by atoms with van der Waals surface area (Å²) in [6.45, 7) is 4.44. The van der Waals surface area contributed by atoms with Crippen LogP contribution in [-0.2, 0) is 16.1 Å². The Kier molecular flexibility index (Phi) is 6.01. The minimum atomic E-state index is -0.288. The number of nitrogens with zero attached hydrogens (tertiary/aromatic N) is 2. The number of hydrogen-bond acceptors (Lipinski definition) is 5. The number of aryl methyl sites for hydroxylation is 1. The Hall–Kier alpha value is -3.38. The van der Waals surface area contributed by atoms with Crippen LogP contribution in [0, 0.1) is 6.92 Å². The summed E-state index contributed by atoms with van der Waals surface area (Å²) < 4.78 is 0. The molecule has 6 heteroatoms. The van der Waals surface area contributed by atoms with Gasteiger partial charge < -0.3 is 10.2 Å². The number of anilines is 2. The number of benzene rings is 2. The summed E-state index contributed by atoms with van der Waals surface area (Å²) in [5, 5.41) is 5.19. The van der Waals surface area contributed by atoms with Gasteiger partial charge in [0.15, 0.2) is 0 Å². The van der Waals surface area contributed by atoms with Crippen molar-refractivity contribution in [3.05, 3.63) is 87.7 Å². The molecule has 168 valence electrons. The predicted octanol–water partition coefficient (Wildman–Crippen LogP) is 5.44. The molecule has 2 amide bonds. The topological polar surface area (TPSA) is 52.7 Å². The number of carbonyl (C=O) groups excluding carboxylic acids is 2. The van der Waals surface area contributed by atoms with Crippen LogP contribution >= 0.6 is 11.3 Å². The molecule has 2 aliphatic heterocycles. The van der Waals surface area contributed by atoms with E-state index in [4.69, 9.17) is 0 Å². The zero-order valence-electron chi connectivity index (χ0n) is 18.7. The largest absolute Gasteiger partial charge is 0.372 e. The van der Waals surface area contributed by atoms with Gasteiger partial charge in [-0.1, -0.05) is 35.9 Å². The van der Waals surface area contributed by atoms with E-state index in [0.29, 0.717) is 11.3 Å². The molecule has 1 saturated heterocycles. The van der Waals surface area contributed by atoms with E-state index in [-0.39, 0.29) is 18.4 Å². The van der Waals surface area contributed by atoms with Crippen LogP contribution in [0.3, 0.4) is 0 Å². The summed E-state index contributed by atoms with van der Waals surface area (Å²) in [5.41, 5.74) is 4.87. The average molecular weight is 458 g/mol. The summed E-state index contributed by atoms with van der Waals surface area (Å²) in [6.07, 6.45) is 3.75. The van der Waals surface area contributed by atoms with Gasteiger partial charge in [0.25, 0.3) is 11.8 Å². The van der Waals surface area contributed by atoms with Crippen molar-refractivity contribution in [3.8, 4) is 0 Å². The third-order valence-electron chi connectivity index (χ3n) is 6.25. The van der Waals surface area contributed by atoms with Gasteiger partial charge in [0.05, 0.1) is 12.1 Å². The SMILES string of the molecule is Cc1ccc(CN2C(=O)C(Nc3ccc(N4CCCCC4)cc3)=C(c3cccs3)C2=O)cc1. The maximum atomic E-state index is 13.4. The van der Waals surface area contributed by atoms with E-state index in [9.17, 15) is 9.59 Å². The Balaban J connectivity index is 1.41. The van der Waals surface area contributed by atoms with Gasteiger partial charge in [-0.25, -0.2) is 0 Å². The molecule has 2 aliphatic rings. The van der Waals surface area contributed by atoms with E-state index < -0.39 is 0 Å². The summed E-state index contributed by atoms with van der Waals surface area (Å²) in [6, 6.07) is 19.9. The molecule has 0 saturated carbocycles. The van der Waals surface area contributed by atoms with Crippen molar-refractivity contribution in [2.75, 3.05) is 23.3 Å². The number of rotatable bonds is 6. The maximum absolute atomic E-state index is 13.4. The number of thiophene rings is 1. The second-order valence-electron chi connectivity index (χ2n) is 8.63. The molecule has 3 heterocycles. The van der Waals surface area contributed by atoms with Crippen LogP contribution in [-0.4, -0.2) is 29.8 Å². The molecule has 5 nitrogen and oxygen atoms in total. The van der Waals surface area contributed by atoms with Crippen molar-refractivity contribution < 1.29 is 9.59 Å². The Morgan fingerprint density at radius 2 is 1.61 bits per heavy atom. The van der Waals surface area contributed by atoms with E-state index in [1.165, 1.54) is 41.2 Å². The van der Waals surface area contributed by atoms with Crippen molar-refractivity contribution in [1.29, 1.82) is 0 Å². The first-order chi connectivity index (χ1) is 16.1. The highest BCUT2D eigenvalue weighted by molar-refractivity contribution is 7.11. The van der Waals surface area contributed by atoms with Crippen LogP contribution in [0.4, 0.5) is 11.4 Å². The zero-order valence-corrected chi connectivity index (χ0v) is 19.5. The van der Waals surface area contributed by atoms with E-state index in [1.54, 1.807) is 0 Å². The summed E-state index contributed by atoms with van der Waals surface area (Å²) in [7, 11) is 0. The predicted molar refractivity (Wildman–Crippen MR) is 134 cm³/mol. The molecule has 0 spiro atoms. The average Bonchev–Trinajstić information content (AvgIpc) is 3.45. The van der Waals surface area contributed by atoms with Crippen LogP contribution in [0.1, 0.15) is 35.3 Å². The van der Waals surface area contributed by atoms with Gasteiger partial charge in [-0.15, -0.1) is 11.3 Å². The highest BCUT2D eigenvalue weighted by Gasteiger charge is 2.39. The Bertz CT molecular complexity index is 1180. The van der Waals surface area contributed by atoms with Crippen molar-refractivity contribution >= 4 is 40.1 Å². The van der Waals surface area contributed by atoms with Gasteiger partial charge in [-0.3, -0.25) is 14.5 Å². The molecule has 0 unspecified atom stereocenters. The van der Waals surface area contributed by atoms with Crippen molar-refractivity contribution in [2.24, 2.45) is 0 Å². The lowest BCUT2D eigenvalue weighted by Crippen LogP contribution is -2.32. The second-order valence-corrected chi connectivity index (χ2v) is 9.58. The zero-order chi connectivity index (χ0) is 22.8. The minimum absolute atomic E-state index is 0.254. The summed E-state index contributed by atoms with van der Waals surface area (Å²) >= 11 is 1.47. The third-order valence-corrected chi connectivity index (χ3v) is 7.14. The first-order valence-corrected chi connectivity index (χ1v) is 12.3.